The monoisotopic (exact) mass is 255 g/mol. The SMILES string of the molecule is CCCCCN1CCN(c2nc(O)cs2)CC1. The predicted octanol–water partition coefficient (Wildman–Crippen LogP) is 2.16. The summed E-state index contributed by atoms with van der Waals surface area (Å²) in [5.74, 6) is 0.148. The Morgan fingerprint density at radius 1 is 1.29 bits per heavy atom. The van der Waals surface area contributed by atoms with Gasteiger partial charge in [-0.25, -0.2) is 0 Å². The molecule has 0 aliphatic carbocycles. The van der Waals surface area contributed by atoms with Crippen molar-refractivity contribution < 1.29 is 5.11 Å². The Hall–Kier alpha value is -0.810. The van der Waals surface area contributed by atoms with Crippen molar-refractivity contribution in [3.8, 4) is 5.88 Å². The summed E-state index contributed by atoms with van der Waals surface area (Å²) < 4.78 is 0. The first-order valence-corrected chi connectivity index (χ1v) is 7.29. The first-order chi connectivity index (χ1) is 8.29. The number of piperazine rings is 1. The van der Waals surface area contributed by atoms with Gasteiger partial charge in [-0.2, -0.15) is 4.98 Å². The van der Waals surface area contributed by atoms with E-state index in [-0.39, 0.29) is 5.88 Å². The molecular formula is C12H21N3OS. The number of unbranched alkanes of at least 4 members (excludes halogenated alkanes) is 2. The fraction of sp³-hybridized carbons (Fsp3) is 0.750. The van der Waals surface area contributed by atoms with Crippen LogP contribution in [0.2, 0.25) is 0 Å². The Morgan fingerprint density at radius 2 is 2.06 bits per heavy atom. The molecule has 1 saturated heterocycles. The molecule has 0 radical (unpaired) electrons. The third-order valence-electron chi connectivity index (χ3n) is 3.20. The Kier molecular flexibility index (Phi) is 4.62. The molecule has 5 heteroatoms. The second-order valence-corrected chi connectivity index (χ2v) is 5.36. The summed E-state index contributed by atoms with van der Waals surface area (Å²) in [6, 6.07) is 0. The van der Waals surface area contributed by atoms with Crippen LogP contribution in [-0.4, -0.2) is 47.7 Å². The molecule has 1 aromatic heterocycles. The third-order valence-corrected chi connectivity index (χ3v) is 4.09. The molecule has 0 spiro atoms. The lowest BCUT2D eigenvalue weighted by Crippen LogP contribution is -2.46. The van der Waals surface area contributed by atoms with E-state index >= 15 is 0 Å². The van der Waals surface area contributed by atoms with Gasteiger partial charge < -0.3 is 10.0 Å². The number of thiazole rings is 1. The van der Waals surface area contributed by atoms with E-state index in [1.165, 1.54) is 37.1 Å². The van der Waals surface area contributed by atoms with Gasteiger partial charge in [0.15, 0.2) is 5.13 Å². The summed E-state index contributed by atoms with van der Waals surface area (Å²) in [6.07, 6.45) is 3.94. The van der Waals surface area contributed by atoms with Gasteiger partial charge in [0.05, 0.1) is 5.38 Å². The Morgan fingerprint density at radius 3 is 2.65 bits per heavy atom. The predicted molar refractivity (Wildman–Crippen MR) is 72.0 cm³/mol. The molecule has 96 valence electrons. The van der Waals surface area contributed by atoms with Crippen LogP contribution in [0.3, 0.4) is 0 Å². The van der Waals surface area contributed by atoms with Gasteiger partial charge in [-0.05, 0) is 13.0 Å². The smallest absolute Gasteiger partial charge is 0.223 e. The number of hydrogen-bond donors (Lipinski definition) is 1. The first-order valence-electron chi connectivity index (χ1n) is 6.41. The second kappa shape index (κ2) is 6.21. The highest BCUT2D eigenvalue weighted by atomic mass is 32.1. The van der Waals surface area contributed by atoms with E-state index in [0.717, 1.165) is 31.3 Å². The van der Waals surface area contributed by atoms with Crippen molar-refractivity contribution in [3.05, 3.63) is 5.38 Å². The number of aromatic nitrogens is 1. The van der Waals surface area contributed by atoms with Crippen LogP contribution in [0.4, 0.5) is 5.13 Å². The maximum Gasteiger partial charge on any atom is 0.223 e. The lowest BCUT2D eigenvalue weighted by molar-refractivity contribution is 0.252. The van der Waals surface area contributed by atoms with Crippen molar-refractivity contribution in [1.29, 1.82) is 0 Å². The molecule has 2 rings (SSSR count). The van der Waals surface area contributed by atoms with E-state index in [0.29, 0.717) is 0 Å². The van der Waals surface area contributed by atoms with Crippen LogP contribution in [-0.2, 0) is 0 Å². The zero-order valence-corrected chi connectivity index (χ0v) is 11.2. The summed E-state index contributed by atoms with van der Waals surface area (Å²) >= 11 is 1.53. The maximum absolute atomic E-state index is 9.24. The van der Waals surface area contributed by atoms with Gasteiger partial charge in [0.2, 0.25) is 5.88 Å². The molecule has 0 bridgehead atoms. The van der Waals surface area contributed by atoms with Crippen molar-refractivity contribution in [1.82, 2.24) is 9.88 Å². The lowest BCUT2D eigenvalue weighted by Gasteiger charge is -2.34. The van der Waals surface area contributed by atoms with Crippen LogP contribution in [0.5, 0.6) is 5.88 Å². The Bertz CT molecular complexity index is 334. The van der Waals surface area contributed by atoms with Crippen LogP contribution >= 0.6 is 11.3 Å². The topological polar surface area (TPSA) is 39.6 Å². The van der Waals surface area contributed by atoms with Gasteiger partial charge in [0, 0.05) is 26.2 Å². The maximum atomic E-state index is 9.24. The van der Waals surface area contributed by atoms with E-state index in [1.54, 1.807) is 5.38 Å². The van der Waals surface area contributed by atoms with Crippen molar-refractivity contribution in [3.63, 3.8) is 0 Å². The molecule has 0 aromatic carbocycles. The van der Waals surface area contributed by atoms with Gasteiger partial charge in [0.25, 0.3) is 0 Å². The van der Waals surface area contributed by atoms with Gasteiger partial charge in [-0.15, -0.1) is 11.3 Å². The Balaban J connectivity index is 1.74. The lowest BCUT2D eigenvalue weighted by atomic mass is 10.2. The number of aromatic hydroxyl groups is 1. The van der Waals surface area contributed by atoms with Crippen molar-refractivity contribution in [2.75, 3.05) is 37.6 Å². The van der Waals surface area contributed by atoms with Gasteiger partial charge >= 0.3 is 0 Å². The molecule has 1 N–H and O–H groups in total. The molecule has 1 aliphatic rings. The van der Waals surface area contributed by atoms with Crippen LogP contribution in [0.25, 0.3) is 0 Å². The molecule has 0 atom stereocenters. The molecule has 0 unspecified atom stereocenters. The minimum atomic E-state index is 0.148. The molecule has 0 amide bonds. The van der Waals surface area contributed by atoms with E-state index in [4.69, 9.17) is 0 Å². The summed E-state index contributed by atoms with van der Waals surface area (Å²) in [5, 5.41) is 11.9. The third kappa shape index (κ3) is 3.57. The summed E-state index contributed by atoms with van der Waals surface area (Å²) in [7, 11) is 0. The fourth-order valence-electron chi connectivity index (χ4n) is 2.15. The molecule has 17 heavy (non-hydrogen) atoms. The van der Waals surface area contributed by atoms with E-state index < -0.39 is 0 Å². The summed E-state index contributed by atoms with van der Waals surface area (Å²) in [6.45, 7) is 7.75. The van der Waals surface area contributed by atoms with Gasteiger partial charge in [-0.1, -0.05) is 19.8 Å². The number of anilines is 1. The Labute approximate surface area is 107 Å². The summed E-state index contributed by atoms with van der Waals surface area (Å²) in [4.78, 5) is 8.91. The normalized spacial score (nSPS) is 17.6. The standard InChI is InChI=1S/C12H21N3OS/c1-2-3-4-5-14-6-8-15(9-7-14)12-13-11(16)10-17-12/h10,16H,2-9H2,1H3. The van der Waals surface area contributed by atoms with Crippen LogP contribution in [0, 0.1) is 0 Å². The molecule has 4 nitrogen and oxygen atoms in total. The molecular weight excluding hydrogens is 234 g/mol. The molecule has 0 saturated carbocycles. The number of nitrogens with zero attached hydrogens (tertiary/aromatic N) is 3. The fourth-order valence-corrected chi connectivity index (χ4v) is 2.89. The molecule has 1 fully saturated rings. The van der Waals surface area contributed by atoms with Gasteiger partial charge in [-0.3, -0.25) is 4.90 Å². The van der Waals surface area contributed by atoms with E-state index in [1.807, 2.05) is 0 Å². The van der Waals surface area contributed by atoms with Crippen molar-refractivity contribution in [2.45, 2.75) is 26.2 Å². The highest BCUT2D eigenvalue weighted by Gasteiger charge is 2.18. The minimum absolute atomic E-state index is 0.148. The van der Waals surface area contributed by atoms with E-state index in [2.05, 4.69) is 21.7 Å². The molecule has 2 heterocycles. The number of rotatable bonds is 5. The van der Waals surface area contributed by atoms with Crippen LogP contribution < -0.4 is 4.90 Å². The van der Waals surface area contributed by atoms with E-state index in [9.17, 15) is 5.11 Å². The number of hydrogen-bond acceptors (Lipinski definition) is 5. The zero-order valence-electron chi connectivity index (χ0n) is 10.4. The molecule has 1 aliphatic heterocycles. The average Bonchev–Trinajstić information content (AvgIpc) is 2.77. The first kappa shape index (κ1) is 12.6. The largest absolute Gasteiger partial charge is 0.493 e. The summed E-state index contributed by atoms with van der Waals surface area (Å²) in [5.41, 5.74) is 0. The van der Waals surface area contributed by atoms with Crippen molar-refractivity contribution in [2.24, 2.45) is 0 Å². The van der Waals surface area contributed by atoms with Crippen LogP contribution in [0.1, 0.15) is 26.2 Å². The zero-order chi connectivity index (χ0) is 12.1. The molecule has 1 aromatic rings. The van der Waals surface area contributed by atoms with Crippen molar-refractivity contribution >= 4 is 16.5 Å². The average molecular weight is 255 g/mol. The highest BCUT2D eigenvalue weighted by molar-refractivity contribution is 7.13. The second-order valence-electron chi connectivity index (χ2n) is 4.52. The minimum Gasteiger partial charge on any atom is -0.493 e. The quantitative estimate of drug-likeness (QED) is 0.819. The van der Waals surface area contributed by atoms with Gasteiger partial charge in [0.1, 0.15) is 0 Å². The van der Waals surface area contributed by atoms with Crippen LogP contribution in [0.15, 0.2) is 5.38 Å². The highest BCUT2D eigenvalue weighted by Crippen LogP contribution is 2.24.